The lowest BCUT2D eigenvalue weighted by Gasteiger charge is -2.28. The maximum absolute atomic E-state index is 2.42. The van der Waals surface area contributed by atoms with Gasteiger partial charge in [-0.05, 0) is 70.6 Å². The highest BCUT2D eigenvalue weighted by Crippen LogP contribution is 2.42. The van der Waals surface area contributed by atoms with Crippen molar-refractivity contribution in [3.05, 3.63) is 194 Å². The molecule has 0 radical (unpaired) electrons. The van der Waals surface area contributed by atoms with E-state index in [1.54, 1.807) is 0 Å². The van der Waals surface area contributed by atoms with Gasteiger partial charge in [0, 0.05) is 38.8 Å². The average Bonchev–Trinajstić information content (AvgIpc) is 3.51. The van der Waals surface area contributed by atoms with Crippen LogP contribution in [0.1, 0.15) is 0 Å². The van der Waals surface area contributed by atoms with Gasteiger partial charge in [-0.3, -0.25) is 0 Å². The first-order chi connectivity index (χ1) is 23.8. The van der Waals surface area contributed by atoms with Crippen LogP contribution < -0.4 is 4.90 Å². The Labute approximate surface area is 280 Å². The number of fused-ring (bicyclic) bond motifs is 5. The fraction of sp³-hybridized carbons (Fsp3) is 0. The van der Waals surface area contributed by atoms with Crippen molar-refractivity contribution in [2.45, 2.75) is 0 Å². The fourth-order valence-electron chi connectivity index (χ4n) is 7.14. The minimum atomic E-state index is 1.10. The lowest BCUT2D eigenvalue weighted by atomic mass is 10.0. The van der Waals surface area contributed by atoms with Crippen molar-refractivity contribution < 1.29 is 0 Å². The third-order valence-corrected chi connectivity index (χ3v) is 9.39. The van der Waals surface area contributed by atoms with Crippen molar-refractivity contribution in [1.82, 2.24) is 4.57 Å². The van der Waals surface area contributed by atoms with Gasteiger partial charge >= 0.3 is 0 Å². The number of anilines is 3. The fourth-order valence-corrected chi connectivity index (χ4v) is 7.14. The molecule has 8 aromatic carbocycles. The molecule has 0 bridgehead atoms. The number of hydrogen-bond donors (Lipinski definition) is 0. The van der Waals surface area contributed by atoms with Crippen molar-refractivity contribution in [3.8, 4) is 27.9 Å². The molecule has 0 spiro atoms. The standard InChI is InChI=1S/C46H32N2/c1-3-13-33(14-4-1)34-23-26-37(27-24-34)47(44-21-11-9-18-40(44)35-15-5-2-6-16-35)38-28-30-39(31-29-38)48-45-22-12-10-20-42(45)43-32-25-36-17-7-8-19-41(36)46(43)48/h1-32H. The number of para-hydroxylation sites is 2. The Bertz CT molecular complexity index is 2530. The molecule has 0 aliphatic heterocycles. The molecule has 0 amide bonds. The lowest BCUT2D eigenvalue weighted by Crippen LogP contribution is -2.11. The Balaban J connectivity index is 1.22. The summed E-state index contributed by atoms with van der Waals surface area (Å²) in [7, 11) is 0. The van der Waals surface area contributed by atoms with E-state index in [1.165, 1.54) is 54.8 Å². The first kappa shape index (κ1) is 27.9. The summed E-state index contributed by atoms with van der Waals surface area (Å²) < 4.78 is 2.42. The molecule has 0 saturated carbocycles. The van der Waals surface area contributed by atoms with Crippen LogP contribution in [0.4, 0.5) is 17.1 Å². The molecule has 2 nitrogen and oxygen atoms in total. The quantitative estimate of drug-likeness (QED) is 0.181. The van der Waals surface area contributed by atoms with E-state index in [0.29, 0.717) is 0 Å². The molecule has 0 fully saturated rings. The zero-order valence-electron chi connectivity index (χ0n) is 26.4. The number of benzene rings is 8. The van der Waals surface area contributed by atoms with Crippen molar-refractivity contribution in [3.63, 3.8) is 0 Å². The van der Waals surface area contributed by atoms with Gasteiger partial charge in [0.05, 0.1) is 16.7 Å². The topological polar surface area (TPSA) is 8.17 Å². The van der Waals surface area contributed by atoms with Gasteiger partial charge in [-0.1, -0.05) is 146 Å². The second-order valence-electron chi connectivity index (χ2n) is 12.2. The third kappa shape index (κ3) is 4.74. The molecule has 48 heavy (non-hydrogen) atoms. The average molecular weight is 613 g/mol. The number of rotatable bonds is 6. The summed E-state index contributed by atoms with van der Waals surface area (Å²) in [4.78, 5) is 2.38. The minimum Gasteiger partial charge on any atom is -0.310 e. The molecule has 0 atom stereocenters. The second kappa shape index (κ2) is 11.8. The van der Waals surface area contributed by atoms with Crippen LogP contribution in [-0.2, 0) is 0 Å². The van der Waals surface area contributed by atoms with Crippen LogP contribution >= 0.6 is 0 Å². The Morgan fingerprint density at radius 1 is 0.354 bits per heavy atom. The zero-order chi connectivity index (χ0) is 31.9. The van der Waals surface area contributed by atoms with Crippen molar-refractivity contribution in [2.75, 3.05) is 4.90 Å². The number of aromatic nitrogens is 1. The van der Waals surface area contributed by atoms with E-state index >= 15 is 0 Å². The second-order valence-corrected chi connectivity index (χ2v) is 12.2. The van der Waals surface area contributed by atoms with Gasteiger partial charge < -0.3 is 9.47 Å². The molecule has 9 aromatic rings. The SMILES string of the molecule is c1ccc(-c2ccc(N(c3ccc(-n4c5ccccc5c5ccc6ccccc6c54)cc3)c3ccccc3-c3ccccc3)cc2)cc1. The van der Waals surface area contributed by atoms with Crippen molar-refractivity contribution >= 4 is 49.6 Å². The lowest BCUT2D eigenvalue weighted by molar-refractivity contribution is 1.18. The highest BCUT2D eigenvalue weighted by Gasteiger charge is 2.19. The van der Waals surface area contributed by atoms with Crippen LogP contribution in [0.15, 0.2) is 194 Å². The van der Waals surface area contributed by atoms with Gasteiger partial charge in [0.25, 0.3) is 0 Å². The van der Waals surface area contributed by atoms with E-state index in [4.69, 9.17) is 0 Å². The Morgan fingerprint density at radius 3 is 1.67 bits per heavy atom. The summed E-state index contributed by atoms with van der Waals surface area (Å²) in [5.74, 6) is 0. The highest BCUT2D eigenvalue weighted by atomic mass is 15.1. The van der Waals surface area contributed by atoms with Gasteiger partial charge in [0.1, 0.15) is 0 Å². The predicted octanol–water partition coefficient (Wildman–Crippen LogP) is 12.7. The maximum atomic E-state index is 2.42. The smallest absolute Gasteiger partial charge is 0.0619 e. The van der Waals surface area contributed by atoms with E-state index < -0.39 is 0 Å². The minimum absolute atomic E-state index is 1.10. The van der Waals surface area contributed by atoms with E-state index in [2.05, 4.69) is 204 Å². The van der Waals surface area contributed by atoms with Gasteiger partial charge in [-0.25, -0.2) is 0 Å². The summed E-state index contributed by atoms with van der Waals surface area (Å²) >= 11 is 0. The van der Waals surface area contributed by atoms with Gasteiger partial charge in [-0.15, -0.1) is 0 Å². The van der Waals surface area contributed by atoms with Crippen LogP contribution in [0.25, 0.3) is 60.5 Å². The molecule has 0 saturated heterocycles. The summed E-state index contributed by atoms with van der Waals surface area (Å²) in [6, 6.07) is 69.8. The Hall–Kier alpha value is -6.38. The molecular formula is C46H32N2. The van der Waals surface area contributed by atoms with Crippen molar-refractivity contribution in [1.29, 1.82) is 0 Å². The van der Waals surface area contributed by atoms with E-state index in [1.807, 2.05) is 0 Å². The van der Waals surface area contributed by atoms with Gasteiger partial charge in [-0.2, -0.15) is 0 Å². The monoisotopic (exact) mass is 612 g/mol. The normalized spacial score (nSPS) is 11.3. The third-order valence-electron chi connectivity index (χ3n) is 9.39. The molecule has 1 aromatic heterocycles. The largest absolute Gasteiger partial charge is 0.310 e. The molecule has 0 N–H and O–H groups in total. The summed E-state index contributed by atoms with van der Waals surface area (Å²) in [6.07, 6.45) is 0. The van der Waals surface area contributed by atoms with Crippen LogP contribution in [0.2, 0.25) is 0 Å². The van der Waals surface area contributed by atoms with Gasteiger partial charge in [0.15, 0.2) is 0 Å². The van der Waals surface area contributed by atoms with Crippen LogP contribution in [0.3, 0.4) is 0 Å². The molecule has 2 heteroatoms. The summed E-state index contributed by atoms with van der Waals surface area (Å²) in [6.45, 7) is 0. The van der Waals surface area contributed by atoms with Crippen LogP contribution in [0.5, 0.6) is 0 Å². The predicted molar refractivity (Wildman–Crippen MR) is 204 cm³/mol. The molecule has 226 valence electrons. The number of nitrogens with zero attached hydrogens (tertiary/aromatic N) is 2. The van der Waals surface area contributed by atoms with Crippen molar-refractivity contribution in [2.24, 2.45) is 0 Å². The first-order valence-corrected chi connectivity index (χ1v) is 16.4. The first-order valence-electron chi connectivity index (χ1n) is 16.4. The zero-order valence-corrected chi connectivity index (χ0v) is 26.4. The number of hydrogen-bond acceptors (Lipinski definition) is 1. The van der Waals surface area contributed by atoms with Crippen LogP contribution in [0, 0.1) is 0 Å². The summed E-state index contributed by atoms with van der Waals surface area (Å²) in [5.41, 5.74) is 11.7. The van der Waals surface area contributed by atoms with E-state index in [-0.39, 0.29) is 0 Å². The molecule has 0 unspecified atom stereocenters. The molecule has 0 aliphatic rings. The molecule has 1 heterocycles. The Kier molecular flexibility index (Phi) is 6.84. The highest BCUT2D eigenvalue weighted by molar-refractivity contribution is 6.18. The molecule has 9 rings (SSSR count). The summed E-state index contributed by atoms with van der Waals surface area (Å²) in [5, 5.41) is 5.03. The van der Waals surface area contributed by atoms with E-state index in [0.717, 1.165) is 22.7 Å². The molecular weight excluding hydrogens is 581 g/mol. The van der Waals surface area contributed by atoms with Gasteiger partial charge in [0.2, 0.25) is 0 Å². The molecule has 0 aliphatic carbocycles. The Morgan fingerprint density at radius 2 is 0.917 bits per heavy atom. The maximum Gasteiger partial charge on any atom is 0.0619 e. The van der Waals surface area contributed by atoms with Crippen LogP contribution in [-0.4, -0.2) is 4.57 Å². The van der Waals surface area contributed by atoms with E-state index in [9.17, 15) is 0 Å².